The fourth-order valence-electron chi connectivity index (χ4n) is 4.54. The number of amides is 4. The normalized spacial score (nSPS) is 13.6. The molecule has 0 heterocycles. The van der Waals surface area contributed by atoms with Gasteiger partial charge in [-0.25, -0.2) is 0 Å². The highest BCUT2D eigenvalue weighted by atomic mass is 16.4. The zero-order valence-electron chi connectivity index (χ0n) is 25.9. The second-order valence-corrected chi connectivity index (χ2v) is 11.6. The van der Waals surface area contributed by atoms with Crippen LogP contribution in [0.4, 0.5) is 5.69 Å². The fourth-order valence-corrected chi connectivity index (χ4v) is 4.54. The van der Waals surface area contributed by atoms with Crippen molar-refractivity contribution in [3.63, 3.8) is 0 Å². The molecule has 244 valence electrons. The van der Waals surface area contributed by atoms with E-state index in [0.29, 0.717) is 18.3 Å². The number of carbonyl (C=O) groups excluding carboxylic acids is 5. The van der Waals surface area contributed by atoms with Crippen LogP contribution in [-0.4, -0.2) is 70.3 Å². The molecule has 0 aliphatic heterocycles. The van der Waals surface area contributed by atoms with Crippen molar-refractivity contribution >= 4 is 41.6 Å². The largest absolute Gasteiger partial charge is 0.508 e. The summed E-state index contributed by atoms with van der Waals surface area (Å²) in [7, 11) is 0. The molecule has 0 bridgehead atoms. The molecule has 0 unspecified atom stereocenters. The summed E-state index contributed by atoms with van der Waals surface area (Å²) in [6, 6.07) is 7.78. The summed E-state index contributed by atoms with van der Waals surface area (Å²) in [6.45, 7) is 7.13. The van der Waals surface area contributed by atoms with Gasteiger partial charge in [0.1, 0.15) is 30.2 Å². The van der Waals surface area contributed by atoms with Crippen LogP contribution in [0.3, 0.4) is 0 Å². The van der Waals surface area contributed by atoms with Crippen LogP contribution in [0.15, 0.2) is 48.5 Å². The molecule has 0 fully saturated rings. The van der Waals surface area contributed by atoms with Gasteiger partial charge in [-0.2, -0.15) is 0 Å². The van der Waals surface area contributed by atoms with Crippen LogP contribution < -0.4 is 27.0 Å². The molecular weight excluding hydrogens is 582 g/mol. The Hall–Kier alpha value is -4.94. The minimum Gasteiger partial charge on any atom is -0.508 e. The Labute approximate surface area is 262 Å². The van der Waals surface area contributed by atoms with E-state index >= 15 is 0 Å². The maximum absolute atomic E-state index is 13.6. The van der Waals surface area contributed by atoms with Gasteiger partial charge in [0.15, 0.2) is 0 Å². The fraction of sp³-hybridized carbons (Fsp3) is 0.438. The summed E-state index contributed by atoms with van der Waals surface area (Å²) in [5.74, 6) is -4.37. The standard InChI is InChI=1S/C32H43N5O8/c1-18(2)15-21(17-38)34-31(44)26(16-20-9-11-22(39)12-10-20)36-32(45)28(19(3)4)37-30(43)25(13-14-27(40)41)35-29(42)23-7-5-6-8-24(23)33/h5-12,17-19,21,25-26,28,39H,13-16,33H2,1-4H3,(H,34,44)(H,35,42)(H,36,45)(H,37,43)(H,40,41)/t21-,25-,26-,28-/m0/s1. The van der Waals surface area contributed by atoms with E-state index in [9.17, 15) is 39.0 Å². The molecule has 13 nitrogen and oxygen atoms in total. The lowest BCUT2D eigenvalue weighted by atomic mass is 9.99. The predicted octanol–water partition coefficient (Wildman–Crippen LogP) is 1.54. The Bertz CT molecular complexity index is 1350. The number of benzene rings is 2. The maximum atomic E-state index is 13.6. The molecule has 4 atom stereocenters. The van der Waals surface area contributed by atoms with Crippen molar-refractivity contribution < 1.29 is 39.0 Å². The molecule has 0 aromatic heterocycles. The van der Waals surface area contributed by atoms with Crippen LogP contribution in [0, 0.1) is 11.8 Å². The number of nitrogens with one attached hydrogen (secondary N) is 4. The zero-order chi connectivity index (χ0) is 33.7. The molecular formula is C32H43N5O8. The molecule has 0 saturated carbocycles. The van der Waals surface area contributed by atoms with Gasteiger partial charge in [0.25, 0.3) is 5.91 Å². The number of hydrogen-bond acceptors (Lipinski definition) is 8. The minimum absolute atomic E-state index is 0.0136. The molecule has 0 aliphatic rings. The van der Waals surface area contributed by atoms with Gasteiger partial charge in [-0.3, -0.25) is 24.0 Å². The third-order valence-corrected chi connectivity index (χ3v) is 6.95. The molecule has 0 aliphatic carbocycles. The van der Waals surface area contributed by atoms with Crippen molar-refractivity contribution in [1.82, 2.24) is 21.3 Å². The summed E-state index contributed by atoms with van der Waals surface area (Å²) in [4.78, 5) is 76.1. The molecule has 0 radical (unpaired) electrons. The first-order valence-corrected chi connectivity index (χ1v) is 14.7. The van der Waals surface area contributed by atoms with Gasteiger partial charge in [-0.05, 0) is 54.5 Å². The summed E-state index contributed by atoms with van der Waals surface area (Å²) in [5, 5.41) is 29.3. The van der Waals surface area contributed by atoms with Gasteiger partial charge < -0.3 is 42.0 Å². The molecule has 2 aromatic rings. The van der Waals surface area contributed by atoms with Gasteiger partial charge >= 0.3 is 5.97 Å². The number of carboxylic acids is 1. The van der Waals surface area contributed by atoms with Crippen molar-refractivity contribution in [3.8, 4) is 5.75 Å². The van der Waals surface area contributed by atoms with Gasteiger partial charge in [0.2, 0.25) is 17.7 Å². The first kappa shape index (κ1) is 36.3. The van der Waals surface area contributed by atoms with Crippen molar-refractivity contribution in [2.24, 2.45) is 11.8 Å². The minimum atomic E-state index is -1.32. The number of aromatic hydroxyl groups is 1. The number of anilines is 1. The molecule has 13 heteroatoms. The lowest BCUT2D eigenvalue weighted by molar-refractivity contribution is -0.137. The quantitative estimate of drug-likeness (QED) is 0.100. The van der Waals surface area contributed by atoms with Gasteiger partial charge in [-0.1, -0.05) is 52.0 Å². The highest BCUT2D eigenvalue weighted by Crippen LogP contribution is 2.14. The van der Waals surface area contributed by atoms with E-state index in [4.69, 9.17) is 5.73 Å². The van der Waals surface area contributed by atoms with Crippen molar-refractivity contribution in [3.05, 3.63) is 59.7 Å². The third kappa shape index (κ3) is 11.9. The summed E-state index contributed by atoms with van der Waals surface area (Å²) < 4.78 is 0. The number of para-hydroxylation sites is 1. The smallest absolute Gasteiger partial charge is 0.303 e. The molecule has 2 aromatic carbocycles. The number of aliphatic carboxylic acids is 1. The zero-order valence-corrected chi connectivity index (χ0v) is 25.9. The van der Waals surface area contributed by atoms with E-state index < -0.39 is 66.1 Å². The van der Waals surface area contributed by atoms with Crippen molar-refractivity contribution in [2.45, 2.75) is 77.5 Å². The Morgan fingerprint density at radius 1 is 0.822 bits per heavy atom. The number of rotatable bonds is 17. The second-order valence-electron chi connectivity index (χ2n) is 11.6. The topological polar surface area (TPSA) is 217 Å². The first-order chi connectivity index (χ1) is 21.2. The van der Waals surface area contributed by atoms with Crippen LogP contribution in [-0.2, 0) is 30.4 Å². The number of phenols is 1. The van der Waals surface area contributed by atoms with E-state index in [1.165, 1.54) is 24.3 Å². The number of carboxylic acid groups (broad SMARTS) is 1. The van der Waals surface area contributed by atoms with E-state index in [2.05, 4.69) is 21.3 Å². The van der Waals surface area contributed by atoms with Crippen molar-refractivity contribution in [1.29, 1.82) is 0 Å². The maximum Gasteiger partial charge on any atom is 0.303 e. The van der Waals surface area contributed by atoms with E-state index in [1.54, 1.807) is 38.1 Å². The van der Waals surface area contributed by atoms with Gasteiger partial charge in [0, 0.05) is 18.5 Å². The molecule has 0 spiro atoms. The monoisotopic (exact) mass is 625 g/mol. The molecule has 45 heavy (non-hydrogen) atoms. The summed E-state index contributed by atoms with van der Waals surface area (Å²) >= 11 is 0. The van der Waals surface area contributed by atoms with E-state index in [0.717, 1.165) is 0 Å². The number of aldehydes is 1. The summed E-state index contributed by atoms with van der Waals surface area (Å²) in [5.41, 5.74) is 6.75. The number of carbonyl (C=O) groups is 6. The SMILES string of the molecule is CC(C)C[C@@H](C=O)NC(=O)[C@H](Cc1ccc(O)cc1)NC(=O)[C@@H](NC(=O)[C@H](CCC(=O)O)NC(=O)c1ccccc1N)C(C)C. The van der Waals surface area contributed by atoms with Gasteiger partial charge in [0.05, 0.1) is 11.6 Å². The summed E-state index contributed by atoms with van der Waals surface area (Å²) in [6.07, 6.45) is 0.325. The van der Waals surface area contributed by atoms with Crippen LogP contribution in [0.25, 0.3) is 0 Å². The highest BCUT2D eigenvalue weighted by molar-refractivity contribution is 6.02. The number of nitrogens with two attached hydrogens (primary N) is 1. The third-order valence-electron chi connectivity index (χ3n) is 6.95. The van der Waals surface area contributed by atoms with E-state index in [1.807, 2.05) is 13.8 Å². The Morgan fingerprint density at radius 3 is 2.00 bits per heavy atom. The predicted molar refractivity (Wildman–Crippen MR) is 167 cm³/mol. The average Bonchev–Trinajstić information content (AvgIpc) is 2.97. The molecule has 0 saturated heterocycles. The molecule has 8 N–H and O–H groups in total. The Balaban J connectivity index is 2.28. The van der Waals surface area contributed by atoms with Gasteiger partial charge in [-0.15, -0.1) is 0 Å². The van der Waals surface area contributed by atoms with Crippen LogP contribution >= 0.6 is 0 Å². The van der Waals surface area contributed by atoms with E-state index in [-0.39, 0.29) is 35.8 Å². The number of hydrogen-bond donors (Lipinski definition) is 7. The lowest BCUT2D eigenvalue weighted by Crippen LogP contribution is -2.59. The van der Waals surface area contributed by atoms with Crippen LogP contribution in [0.1, 0.15) is 62.9 Å². The average molecular weight is 626 g/mol. The number of phenolic OH excluding ortho intramolecular Hbond substituents is 1. The Morgan fingerprint density at radius 2 is 1.44 bits per heavy atom. The first-order valence-electron chi connectivity index (χ1n) is 14.7. The highest BCUT2D eigenvalue weighted by Gasteiger charge is 2.32. The number of nitrogen functional groups attached to an aromatic ring is 1. The lowest BCUT2D eigenvalue weighted by Gasteiger charge is -2.28. The van der Waals surface area contributed by atoms with Crippen LogP contribution in [0.2, 0.25) is 0 Å². The molecule has 4 amide bonds. The Kier molecular flexibility index (Phi) is 14.0. The second kappa shape index (κ2) is 17.4. The van der Waals surface area contributed by atoms with Crippen molar-refractivity contribution in [2.75, 3.05) is 5.73 Å². The molecule has 2 rings (SSSR count). The van der Waals surface area contributed by atoms with Crippen LogP contribution in [0.5, 0.6) is 5.75 Å².